The van der Waals surface area contributed by atoms with E-state index in [1.54, 1.807) is 27.0 Å². The van der Waals surface area contributed by atoms with Gasteiger partial charge in [0.1, 0.15) is 0 Å². The van der Waals surface area contributed by atoms with Crippen molar-refractivity contribution in [3.8, 4) is 0 Å². The fourth-order valence-electron chi connectivity index (χ4n) is 3.16. The fourth-order valence-corrected chi connectivity index (χ4v) is 4.23. The van der Waals surface area contributed by atoms with Gasteiger partial charge in [-0.15, -0.1) is 0 Å². The van der Waals surface area contributed by atoms with Crippen LogP contribution in [0.25, 0.3) is 6.08 Å². The van der Waals surface area contributed by atoms with Crippen LogP contribution in [0.15, 0.2) is 40.9 Å². The second-order valence-electron chi connectivity index (χ2n) is 6.32. The van der Waals surface area contributed by atoms with Crippen molar-refractivity contribution in [3.05, 3.63) is 64.0 Å². The summed E-state index contributed by atoms with van der Waals surface area (Å²) in [5.41, 5.74) is 3.77. The van der Waals surface area contributed by atoms with E-state index < -0.39 is 5.97 Å². The number of benzene rings is 1. The van der Waals surface area contributed by atoms with Crippen molar-refractivity contribution in [2.45, 2.75) is 25.6 Å². The van der Waals surface area contributed by atoms with Gasteiger partial charge in [-0.05, 0) is 25.5 Å². The molecule has 2 heterocycles. The molecule has 0 saturated carbocycles. The maximum atomic E-state index is 12.4. The summed E-state index contributed by atoms with van der Waals surface area (Å²) in [6.07, 6.45) is 2.28. The monoisotopic (exact) mass is 383 g/mol. The molecular weight excluding hydrogens is 362 g/mol. The predicted octanol–water partition coefficient (Wildman–Crippen LogP) is 3.37. The third kappa shape index (κ3) is 3.98. The minimum Gasteiger partial charge on any atom is -0.478 e. The molecule has 3 rings (SSSR count). The molecule has 1 fully saturated rings. The van der Waals surface area contributed by atoms with E-state index in [1.807, 2.05) is 30.3 Å². The van der Waals surface area contributed by atoms with E-state index in [0.717, 1.165) is 10.6 Å². The largest absolute Gasteiger partial charge is 0.478 e. The van der Waals surface area contributed by atoms with Gasteiger partial charge in [-0.1, -0.05) is 42.1 Å². The lowest BCUT2D eigenvalue weighted by Crippen LogP contribution is -2.24. The number of carboxylic acid groups (broad SMARTS) is 1. The highest BCUT2D eigenvalue weighted by atomic mass is 32.2. The van der Waals surface area contributed by atoms with Crippen molar-refractivity contribution in [2.75, 3.05) is 7.05 Å². The molecule has 27 heavy (non-hydrogen) atoms. The highest BCUT2D eigenvalue weighted by molar-refractivity contribution is 8.15. The Bertz CT molecular complexity index is 945. The van der Waals surface area contributed by atoms with Gasteiger partial charge >= 0.3 is 5.97 Å². The smallest absolute Gasteiger partial charge is 0.337 e. The molecule has 0 aliphatic carbocycles. The van der Waals surface area contributed by atoms with Gasteiger partial charge in [0.05, 0.1) is 16.0 Å². The van der Waals surface area contributed by atoms with Crippen LogP contribution in [0.5, 0.6) is 0 Å². The molecule has 0 radical (unpaired) electrons. The number of H-pyrrole nitrogens is 1. The van der Waals surface area contributed by atoms with Gasteiger partial charge < -0.3 is 15.4 Å². The summed E-state index contributed by atoms with van der Waals surface area (Å²) in [4.78, 5) is 31.1. The maximum absolute atomic E-state index is 12.4. The van der Waals surface area contributed by atoms with Crippen LogP contribution in [0, 0.1) is 13.8 Å². The number of hydrogen-bond acceptors (Lipinski definition) is 4. The van der Waals surface area contributed by atoms with E-state index in [2.05, 4.69) is 15.3 Å². The van der Waals surface area contributed by atoms with Gasteiger partial charge in [-0.3, -0.25) is 9.79 Å². The number of rotatable bonds is 4. The first-order valence-corrected chi connectivity index (χ1v) is 9.41. The number of thioether (sulfide) groups is 1. The minimum atomic E-state index is -0.970. The molecule has 0 bridgehead atoms. The van der Waals surface area contributed by atoms with Crippen molar-refractivity contribution in [1.82, 2.24) is 10.3 Å². The lowest BCUT2D eigenvalue weighted by molar-refractivity contribution is -0.116. The Morgan fingerprint density at radius 2 is 2.00 bits per heavy atom. The fraction of sp³-hybridized carbons (Fsp3) is 0.250. The second kappa shape index (κ2) is 7.84. The van der Waals surface area contributed by atoms with Crippen molar-refractivity contribution in [1.29, 1.82) is 0 Å². The number of nitrogens with one attached hydrogen (secondary N) is 2. The summed E-state index contributed by atoms with van der Waals surface area (Å²) >= 11 is 1.51. The summed E-state index contributed by atoms with van der Waals surface area (Å²) < 4.78 is 0. The lowest BCUT2D eigenvalue weighted by atomic mass is 10.1. The molecule has 1 amide bonds. The Kier molecular flexibility index (Phi) is 5.51. The normalized spacial score (nSPS) is 18.8. The molecule has 2 aromatic rings. The first kappa shape index (κ1) is 19.0. The number of carbonyl (C=O) groups is 2. The Labute approximate surface area is 161 Å². The zero-order valence-electron chi connectivity index (χ0n) is 15.4. The number of nitrogens with zero attached hydrogens (tertiary/aromatic N) is 1. The number of aliphatic imine (C=N–C) groups is 1. The van der Waals surface area contributed by atoms with E-state index in [1.165, 1.54) is 11.8 Å². The van der Waals surface area contributed by atoms with E-state index in [0.29, 0.717) is 28.9 Å². The van der Waals surface area contributed by atoms with Crippen molar-refractivity contribution < 1.29 is 14.7 Å². The number of amides is 1. The zero-order valence-corrected chi connectivity index (χ0v) is 16.2. The molecule has 1 saturated heterocycles. The van der Waals surface area contributed by atoms with Gasteiger partial charge in [0.25, 0.3) is 0 Å². The molecular formula is C20H21N3O3S. The Morgan fingerprint density at radius 3 is 2.59 bits per heavy atom. The molecule has 6 nitrogen and oxygen atoms in total. The molecule has 7 heteroatoms. The molecule has 1 atom stereocenters. The summed E-state index contributed by atoms with van der Waals surface area (Å²) in [5, 5.41) is 13.0. The summed E-state index contributed by atoms with van der Waals surface area (Å²) in [6, 6.07) is 9.83. The number of aromatic carboxylic acids is 1. The third-order valence-electron chi connectivity index (χ3n) is 4.48. The van der Waals surface area contributed by atoms with E-state index >= 15 is 0 Å². The quantitative estimate of drug-likeness (QED) is 0.429. The van der Waals surface area contributed by atoms with Crippen LogP contribution < -0.4 is 5.32 Å². The number of carbonyl (C=O) groups excluding carboxylic acids is 1. The first-order valence-electron chi connectivity index (χ1n) is 8.53. The van der Waals surface area contributed by atoms with Crippen molar-refractivity contribution in [2.24, 2.45) is 4.99 Å². The van der Waals surface area contributed by atoms with Gasteiger partial charge in [-0.25, -0.2) is 4.79 Å². The molecule has 1 aromatic carbocycles. The summed E-state index contributed by atoms with van der Waals surface area (Å²) in [6.45, 7) is 3.46. The van der Waals surface area contributed by atoms with Gasteiger partial charge in [0.2, 0.25) is 5.91 Å². The topological polar surface area (TPSA) is 94.6 Å². The standard InChI is InChI=1S/C20H21N3O3S/c1-11-15(22-12(2)17(11)20(25)26)9-14-10-16(23-18(14)24)27-19(21-3)13-7-5-4-6-8-13/h4-9,16,22H,10H2,1-3H3,(H,23,24)(H,25,26)/b14-9-,21-19-. The molecule has 1 aliphatic heterocycles. The van der Waals surface area contributed by atoms with Crippen molar-refractivity contribution >= 4 is 34.8 Å². The van der Waals surface area contributed by atoms with Crippen LogP contribution in [0.1, 0.15) is 39.3 Å². The van der Waals surface area contributed by atoms with Crippen LogP contribution in [-0.2, 0) is 4.79 Å². The van der Waals surface area contributed by atoms with Crippen LogP contribution in [0.2, 0.25) is 0 Å². The summed E-state index contributed by atoms with van der Waals surface area (Å²) in [5.74, 6) is -1.11. The predicted molar refractivity (Wildman–Crippen MR) is 108 cm³/mol. The third-order valence-corrected chi connectivity index (χ3v) is 5.69. The highest BCUT2D eigenvalue weighted by Gasteiger charge is 2.29. The minimum absolute atomic E-state index is 0.113. The summed E-state index contributed by atoms with van der Waals surface area (Å²) in [7, 11) is 1.74. The molecule has 0 spiro atoms. The van der Waals surface area contributed by atoms with Crippen LogP contribution in [-0.4, -0.2) is 39.4 Å². The molecule has 1 aliphatic rings. The number of aromatic amines is 1. The SMILES string of the molecule is C/N=C(\SC1C/C(=C/c2[nH]c(C)c(C(=O)O)c2C)C(=O)N1)c1ccccc1. The number of aromatic nitrogens is 1. The van der Waals surface area contributed by atoms with Gasteiger partial charge in [-0.2, -0.15) is 0 Å². The van der Waals surface area contributed by atoms with Crippen LogP contribution in [0.4, 0.5) is 0 Å². The average Bonchev–Trinajstić information content (AvgIpc) is 3.12. The average molecular weight is 383 g/mol. The molecule has 140 valence electrons. The highest BCUT2D eigenvalue weighted by Crippen LogP contribution is 2.29. The van der Waals surface area contributed by atoms with Crippen molar-refractivity contribution in [3.63, 3.8) is 0 Å². The van der Waals surface area contributed by atoms with Gasteiger partial charge in [0, 0.05) is 36.0 Å². The Hall–Kier alpha value is -2.80. The second-order valence-corrected chi connectivity index (χ2v) is 7.51. The van der Waals surface area contributed by atoms with Gasteiger partial charge in [0.15, 0.2) is 0 Å². The van der Waals surface area contributed by atoms with Crippen LogP contribution in [0.3, 0.4) is 0 Å². The molecule has 1 unspecified atom stereocenters. The van der Waals surface area contributed by atoms with E-state index in [4.69, 9.17) is 0 Å². The Balaban J connectivity index is 1.79. The molecule has 1 aromatic heterocycles. The first-order chi connectivity index (χ1) is 12.9. The molecule has 3 N–H and O–H groups in total. The lowest BCUT2D eigenvalue weighted by Gasteiger charge is -2.11. The Morgan fingerprint density at radius 1 is 1.30 bits per heavy atom. The number of carboxylic acids is 1. The zero-order chi connectivity index (χ0) is 19.6. The van der Waals surface area contributed by atoms with E-state index in [-0.39, 0.29) is 16.8 Å². The van der Waals surface area contributed by atoms with E-state index in [9.17, 15) is 14.7 Å². The maximum Gasteiger partial charge on any atom is 0.337 e. The number of aryl methyl sites for hydroxylation is 1. The number of hydrogen-bond donors (Lipinski definition) is 3. The van der Waals surface area contributed by atoms with Crippen LogP contribution >= 0.6 is 11.8 Å².